The average molecular weight is 229 g/mol. The number of anilines is 1. The molecule has 3 nitrogen and oxygen atoms in total. The number of aromatic nitrogens is 2. The SMILES string of the molecule is Fc1ccc2c(c1)C(Nc1cnccn1)CC2. The molecule has 1 N–H and O–H groups in total. The summed E-state index contributed by atoms with van der Waals surface area (Å²) in [5.41, 5.74) is 2.25. The molecule has 0 saturated heterocycles. The van der Waals surface area contributed by atoms with Crippen molar-refractivity contribution in [3.05, 3.63) is 53.7 Å². The quantitative estimate of drug-likeness (QED) is 0.860. The monoisotopic (exact) mass is 229 g/mol. The van der Waals surface area contributed by atoms with Gasteiger partial charge in [-0.2, -0.15) is 0 Å². The van der Waals surface area contributed by atoms with Crippen molar-refractivity contribution in [2.75, 3.05) is 5.32 Å². The highest BCUT2D eigenvalue weighted by atomic mass is 19.1. The average Bonchev–Trinajstić information content (AvgIpc) is 2.73. The topological polar surface area (TPSA) is 37.8 Å². The van der Waals surface area contributed by atoms with Gasteiger partial charge in [0.05, 0.1) is 12.2 Å². The van der Waals surface area contributed by atoms with Crippen molar-refractivity contribution in [2.24, 2.45) is 0 Å². The Morgan fingerprint density at radius 3 is 3.06 bits per heavy atom. The summed E-state index contributed by atoms with van der Waals surface area (Å²) in [6.45, 7) is 0. The van der Waals surface area contributed by atoms with Gasteiger partial charge >= 0.3 is 0 Å². The zero-order valence-corrected chi connectivity index (χ0v) is 9.23. The van der Waals surface area contributed by atoms with Crippen LogP contribution in [0.25, 0.3) is 0 Å². The molecule has 0 bridgehead atoms. The highest BCUT2D eigenvalue weighted by Gasteiger charge is 2.22. The molecular formula is C13H12FN3. The molecule has 1 atom stereocenters. The number of nitrogens with zero attached hydrogens (tertiary/aromatic N) is 2. The van der Waals surface area contributed by atoms with Gasteiger partial charge in [-0.1, -0.05) is 6.07 Å². The van der Waals surface area contributed by atoms with Gasteiger partial charge in [0.15, 0.2) is 0 Å². The van der Waals surface area contributed by atoms with E-state index in [0.29, 0.717) is 0 Å². The summed E-state index contributed by atoms with van der Waals surface area (Å²) < 4.78 is 13.2. The van der Waals surface area contributed by atoms with Crippen molar-refractivity contribution in [1.82, 2.24) is 9.97 Å². The summed E-state index contributed by atoms with van der Waals surface area (Å²) in [6, 6.07) is 5.13. The first-order valence-corrected chi connectivity index (χ1v) is 5.64. The molecule has 0 radical (unpaired) electrons. The van der Waals surface area contributed by atoms with Crippen LogP contribution in [0.1, 0.15) is 23.6 Å². The first-order valence-electron chi connectivity index (χ1n) is 5.64. The number of nitrogens with one attached hydrogen (secondary N) is 1. The second-order valence-electron chi connectivity index (χ2n) is 4.17. The smallest absolute Gasteiger partial charge is 0.144 e. The van der Waals surface area contributed by atoms with Crippen LogP contribution in [0.2, 0.25) is 0 Å². The maximum absolute atomic E-state index is 13.2. The summed E-state index contributed by atoms with van der Waals surface area (Å²) in [7, 11) is 0. The van der Waals surface area contributed by atoms with Crippen molar-refractivity contribution >= 4 is 5.82 Å². The predicted octanol–water partition coefficient (Wildman–Crippen LogP) is 2.72. The van der Waals surface area contributed by atoms with Crippen molar-refractivity contribution in [2.45, 2.75) is 18.9 Å². The molecule has 1 aliphatic carbocycles. The minimum Gasteiger partial charge on any atom is -0.362 e. The fourth-order valence-corrected chi connectivity index (χ4v) is 2.28. The Balaban J connectivity index is 1.86. The third-order valence-electron chi connectivity index (χ3n) is 3.07. The number of fused-ring (bicyclic) bond motifs is 1. The van der Waals surface area contributed by atoms with Crippen molar-refractivity contribution in [3.63, 3.8) is 0 Å². The zero-order chi connectivity index (χ0) is 11.7. The Kier molecular flexibility index (Phi) is 2.48. The van der Waals surface area contributed by atoms with Crippen molar-refractivity contribution in [3.8, 4) is 0 Å². The van der Waals surface area contributed by atoms with Crippen LogP contribution >= 0.6 is 0 Å². The van der Waals surface area contributed by atoms with E-state index in [1.54, 1.807) is 24.7 Å². The molecule has 2 aromatic rings. The van der Waals surface area contributed by atoms with Gasteiger partial charge < -0.3 is 5.32 Å². The largest absolute Gasteiger partial charge is 0.362 e. The van der Waals surface area contributed by atoms with E-state index in [1.807, 2.05) is 6.07 Å². The van der Waals surface area contributed by atoms with Gasteiger partial charge in [-0.15, -0.1) is 0 Å². The molecule has 1 heterocycles. The number of aryl methyl sites for hydroxylation is 1. The molecule has 4 heteroatoms. The molecule has 0 aliphatic heterocycles. The number of benzene rings is 1. The third kappa shape index (κ3) is 1.98. The Hall–Kier alpha value is -1.97. The molecule has 86 valence electrons. The molecule has 3 rings (SSSR count). The minimum absolute atomic E-state index is 0.136. The molecule has 0 spiro atoms. The van der Waals surface area contributed by atoms with Crippen molar-refractivity contribution < 1.29 is 4.39 Å². The summed E-state index contributed by atoms with van der Waals surface area (Å²) in [4.78, 5) is 8.17. The Morgan fingerprint density at radius 1 is 1.29 bits per heavy atom. The lowest BCUT2D eigenvalue weighted by molar-refractivity contribution is 0.624. The van der Waals surface area contributed by atoms with Gasteiger partial charge in [-0.05, 0) is 36.1 Å². The molecule has 1 aromatic carbocycles. The van der Waals surface area contributed by atoms with Crippen LogP contribution in [0.4, 0.5) is 10.2 Å². The first-order chi connectivity index (χ1) is 8.33. The van der Waals surface area contributed by atoms with E-state index in [-0.39, 0.29) is 11.9 Å². The Labute approximate surface area is 98.7 Å². The van der Waals surface area contributed by atoms with Gasteiger partial charge in [0.2, 0.25) is 0 Å². The van der Waals surface area contributed by atoms with Crippen LogP contribution in [-0.2, 0) is 6.42 Å². The maximum atomic E-state index is 13.2. The fraction of sp³-hybridized carbons (Fsp3) is 0.231. The summed E-state index contributed by atoms with van der Waals surface area (Å²) in [5, 5.41) is 3.28. The van der Waals surface area contributed by atoms with E-state index in [4.69, 9.17) is 0 Å². The van der Waals surface area contributed by atoms with Crippen LogP contribution in [0.3, 0.4) is 0 Å². The molecule has 0 fully saturated rings. The normalized spacial score (nSPS) is 17.8. The van der Waals surface area contributed by atoms with Crippen LogP contribution in [0.15, 0.2) is 36.8 Å². The van der Waals surface area contributed by atoms with Gasteiger partial charge in [-0.25, -0.2) is 9.37 Å². The summed E-state index contributed by atoms with van der Waals surface area (Å²) in [6.07, 6.45) is 6.90. The van der Waals surface area contributed by atoms with Gasteiger partial charge in [-0.3, -0.25) is 4.98 Å². The Bertz CT molecular complexity index is 527. The third-order valence-corrected chi connectivity index (χ3v) is 3.07. The molecule has 17 heavy (non-hydrogen) atoms. The predicted molar refractivity (Wildman–Crippen MR) is 63.1 cm³/mol. The van der Waals surface area contributed by atoms with E-state index in [1.165, 1.54) is 11.6 Å². The lowest BCUT2D eigenvalue weighted by Gasteiger charge is -2.14. The van der Waals surface area contributed by atoms with Gasteiger partial charge in [0, 0.05) is 12.4 Å². The van der Waals surface area contributed by atoms with Crippen LogP contribution in [0.5, 0.6) is 0 Å². The highest BCUT2D eigenvalue weighted by Crippen LogP contribution is 2.33. The second kappa shape index (κ2) is 4.13. The van der Waals surface area contributed by atoms with Gasteiger partial charge in [0.1, 0.15) is 11.6 Å². The fourth-order valence-electron chi connectivity index (χ4n) is 2.28. The van der Waals surface area contributed by atoms with E-state index in [0.717, 1.165) is 24.2 Å². The van der Waals surface area contributed by atoms with Crippen LogP contribution < -0.4 is 5.32 Å². The number of rotatable bonds is 2. The standard InChI is InChI=1S/C13H12FN3/c14-10-3-1-9-2-4-12(11(9)7-10)17-13-8-15-5-6-16-13/h1,3,5-8,12H,2,4H2,(H,16,17). The summed E-state index contributed by atoms with van der Waals surface area (Å²) in [5.74, 6) is 0.547. The lowest BCUT2D eigenvalue weighted by atomic mass is 10.1. The van der Waals surface area contributed by atoms with Crippen LogP contribution in [-0.4, -0.2) is 9.97 Å². The highest BCUT2D eigenvalue weighted by molar-refractivity contribution is 5.42. The van der Waals surface area contributed by atoms with Crippen LogP contribution in [0, 0.1) is 5.82 Å². The first kappa shape index (κ1) is 10.2. The van der Waals surface area contributed by atoms with E-state index in [2.05, 4.69) is 15.3 Å². The van der Waals surface area contributed by atoms with E-state index >= 15 is 0 Å². The number of hydrogen-bond donors (Lipinski definition) is 1. The molecule has 1 unspecified atom stereocenters. The van der Waals surface area contributed by atoms with E-state index < -0.39 is 0 Å². The molecular weight excluding hydrogens is 217 g/mol. The molecule has 0 saturated carbocycles. The van der Waals surface area contributed by atoms with Crippen molar-refractivity contribution in [1.29, 1.82) is 0 Å². The zero-order valence-electron chi connectivity index (χ0n) is 9.23. The minimum atomic E-state index is -0.184. The second-order valence-corrected chi connectivity index (χ2v) is 4.17. The Morgan fingerprint density at radius 2 is 2.24 bits per heavy atom. The molecule has 1 aliphatic rings. The number of hydrogen-bond acceptors (Lipinski definition) is 3. The number of halogens is 1. The lowest BCUT2D eigenvalue weighted by Crippen LogP contribution is -2.08. The maximum Gasteiger partial charge on any atom is 0.144 e. The van der Waals surface area contributed by atoms with E-state index in [9.17, 15) is 4.39 Å². The molecule has 1 aromatic heterocycles. The van der Waals surface area contributed by atoms with Gasteiger partial charge in [0.25, 0.3) is 0 Å². The summed E-state index contributed by atoms with van der Waals surface area (Å²) >= 11 is 0. The molecule has 0 amide bonds.